The van der Waals surface area contributed by atoms with E-state index in [1.807, 2.05) is 0 Å². The van der Waals surface area contributed by atoms with Crippen molar-refractivity contribution in [2.24, 2.45) is 5.73 Å². The maximum absolute atomic E-state index is 10.6. The van der Waals surface area contributed by atoms with Crippen LogP contribution >= 0.6 is 0 Å². The van der Waals surface area contributed by atoms with E-state index >= 15 is 0 Å². The molecule has 0 aliphatic carbocycles. The predicted octanol–water partition coefficient (Wildman–Crippen LogP) is 0.211. The Hall–Kier alpha value is -0.650. The topological polar surface area (TPSA) is 79.2 Å². The Morgan fingerprint density at radius 3 is 1.72 bits per heavy atom. The first-order valence-corrected chi connectivity index (χ1v) is 7.13. The molecule has 18 heavy (non-hydrogen) atoms. The fraction of sp³-hybridized carbons (Fsp3) is 0.923. The van der Waals surface area contributed by atoms with Crippen LogP contribution in [0.4, 0.5) is 0 Å². The van der Waals surface area contributed by atoms with Gasteiger partial charge in [-0.3, -0.25) is 4.79 Å². The summed E-state index contributed by atoms with van der Waals surface area (Å²) in [6, 6.07) is 0. The van der Waals surface area contributed by atoms with Gasteiger partial charge in [0.1, 0.15) is 0 Å². The third kappa shape index (κ3) is 15.4. The summed E-state index contributed by atoms with van der Waals surface area (Å²) >= 11 is 0. The molecule has 0 aromatic heterocycles. The molecule has 0 saturated heterocycles. The Morgan fingerprint density at radius 2 is 1.28 bits per heavy atom. The number of nitrogens with two attached hydrogens (primary N) is 1. The van der Waals surface area contributed by atoms with Gasteiger partial charge in [-0.25, -0.2) is 0 Å². The van der Waals surface area contributed by atoms with E-state index in [0.717, 1.165) is 58.5 Å². The molecule has 0 saturated carbocycles. The van der Waals surface area contributed by atoms with Crippen molar-refractivity contribution in [1.29, 1.82) is 0 Å². The second-order valence-electron chi connectivity index (χ2n) is 4.54. The number of rotatable bonds is 13. The quantitative estimate of drug-likeness (QED) is 0.356. The first-order valence-electron chi connectivity index (χ1n) is 7.13. The summed E-state index contributed by atoms with van der Waals surface area (Å²) in [5, 5.41) is 9.58. The van der Waals surface area contributed by atoms with Gasteiger partial charge in [0.05, 0.1) is 0 Å². The standard InChI is InChI=1S/C13H30N4O/c1-13(18)17-12-5-4-10-15-8-2-3-9-16-11-6-7-14/h15-16H,2-12,14H2,1H3,(H,17,18). The normalized spacial score (nSPS) is 10.6. The highest BCUT2D eigenvalue weighted by atomic mass is 16.1. The molecule has 0 aromatic carbocycles. The van der Waals surface area contributed by atoms with Gasteiger partial charge < -0.3 is 21.7 Å². The molecule has 0 aliphatic heterocycles. The van der Waals surface area contributed by atoms with Gasteiger partial charge in [0.25, 0.3) is 0 Å². The van der Waals surface area contributed by atoms with Crippen molar-refractivity contribution in [1.82, 2.24) is 16.0 Å². The minimum Gasteiger partial charge on any atom is -0.356 e. The molecule has 5 N–H and O–H groups in total. The fourth-order valence-electron chi connectivity index (χ4n) is 1.62. The minimum absolute atomic E-state index is 0.0603. The first kappa shape index (κ1) is 17.4. The van der Waals surface area contributed by atoms with Crippen LogP contribution in [0.15, 0.2) is 0 Å². The summed E-state index contributed by atoms with van der Waals surface area (Å²) in [6.07, 6.45) is 5.65. The van der Waals surface area contributed by atoms with Crippen molar-refractivity contribution < 1.29 is 4.79 Å². The van der Waals surface area contributed by atoms with Gasteiger partial charge in [0.15, 0.2) is 0 Å². The Kier molecular flexibility index (Phi) is 13.9. The Morgan fingerprint density at radius 1 is 0.833 bits per heavy atom. The largest absolute Gasteiger partial charge is 0.356 e. The van der Waals surface area contributed by atoms with E-state index in [1.54, 1.807) is 6.92 Å². The third-order valence-corrected chi connectivity index (χ3v) is 2.67. The molecule has 5 heteroatoms. The molecular weight excluding hydrogens is 228 g/mol. The van der Waals surface area contributed by atoms with E-state index < -0.39 is 0 Å². The number of unbranched alkanes of at least 4 members (excludes halogenated alkanes) is 2. The third-order valence-electron chi connectivity index (χ3n) is 2.67. The second-order valence-corrected chi connectivity index (χ2v) is 4.54. The van der Waals surface area contributed by atoms with E-state index in [1.165, 1.54) is 12.8 Å². The molecule has 0 atom stereocenters. The van der Waals surface area contributed by atoms with Crippen LogP contribution in [-0.2, 0) is 4.79 Å². The van der Waals surface area contributed by atoms with Gasteiger partial charge in [0.2, 0.25) is 5.91 Å². The summed E-state index contributed by atoms with van der Waals surface area (Å²) in [5.74, 6) is 0.0603. The van der Waals surface area contributed by atoms with Crippen molar-refractivity contribution >= 4 is 5.91 Å². The minimum atomic E-state index is 0.0603. The molecule has 0 heterocycles. The second kappa shape index (κ2) is 14.4. The molecule has 0 unspecified atom stereocenters. The monoisotopic (exact) mass is 258 g/mol. The van der Waals surface area contributed by atoms with E-state index in [2.05, 4.69) is 16.0 Å². The van der Waals surface area contributed by atoms with E-state index in [4.69, 9.17) is 5.73 Å². The molecule has 0 fully saturated rings. The maximum atomic E-state index is 10.6. The lowest BCUT2D eigenvalue weighted by atomic mass is 10.2. The van der Waals surface area contributed by atoms with Crippen molar-refractivity contribution in [3.05, 3.63) is 0 Å². The van der Waals surface area contributed by atoms with Gasteiger partial charge in [-0.1, -0.05) is 0 Å². The molecule has 5 nitrogen and oxygen atoms in total. The lowest BCUT2D eigenvalue weighted by molar-refractivity contribution is -0.118. The van der Waals surface area contributed by atoms with Gasteiger partial charge in [0, 0.05) is 13.5 Å². The molecule has 0 aromatic rings. The number of nitrogens with one attached hydrogen (secondary N) is 3. The predicted molar refractivity (Wildman–Crippen MR) is 76.6 cm³/mol. The lowest BCUT2D eigenvalue weighted by Crippen LogP contribution is -2.23. The van der Waals surface area contributed by atoms with Crippen molar-refractivity contribution in [2.45, 2.75) is 39.0 Å². The Labute approximate surface area is 111 Å². The highest BCUT2D eigenvalue weighted by Gasteiger charge is 1.92. The van der Waals surface area contributed by atoms with Crippen LogP contribution in [0.5, 0.6) is 0 Å². The van der Waals surface area contributed by atoms with Gasteiger partial charge in [-0.15, -0.1) is 0 Å². The number of carbonyl (C=O) groups excluding carboxylic acids is 1. The molecule has 1 amide bonds. The maximum Gasteiger partial charge on any atom is 0.216 e. The van der Waals surface area contributed by atoms with Crippen LogP contribution in [0.3, 0.4) is 0 Å². The number of carbonyl (C=O) groups is 1. The van der Waals surface area contributed by atoms with Gasteiger partial charge >= 0.3 is 0 Å². The van der Waals surface area contributed by atoms with E-state index in [0.29, 0.717) is 0 Å². The molecule has 108 valence electrons. The van der Waals surface area contributed by atoms with Crippen LogP contribution in [0.2, 0.25) is 0 Å². The SMILES string of the molecule is CC(=O)NCCCCNCCCCNCCCN. The highest BCUT2D eigenvalue weighted by molar-refractivity contribution is 5.72. The number of hydrogen-bond acceptors (Lipinski definition) is 4. The number of amides is 1. The molecule has 0 bridgehead atoms. The first-order chi connectivity index (χ1) is 8.77. The Bertz CT molecular complexity index is 188. The summed E-state index contributed by atoms with van der Waals surface area (Å²) in [7, 11) is 0. The van der Waals surface area contributed by atoms with Crippen molar-refractivity contribution in [2.75, 3.05) is 39.3 Å². The zero-order valence-electron chi connectivity index (χ0n) is 11.8. The van der Waals surface area contributed by atoms with Gasteiger partial charge in [-0.2, -0.15) is 0 Å². The lowest BCUT2D eigenvalue weighted by Gasteiger charge is -2.06. The average molecular weight is 258 g/mol. The van der Waals surface area contributed by atoms with Crippen LogP contribution in [0, 0.1) is 0 Å². The highest BCUT2D eigenvalue weighted by Crippen LogP contribution is 1.88. The van der Waals surface area contributed by atoms with Crippen LogP contribution in [0.25, 0.3) is 0 Å². The van der Waals surface area contributed by atoms with Crippen LogP contribution in [-0.4, -0.2) is 45.2 Å². The molecule has 0 rings (SSSR count). The van der Waals surface area contributed by atoms with E-state index in [-0.39, 0.29) is 5.91 Å². The fourth-order valence-corrected chi connectivity index (χ4v) is 1.62. The summed E-state index contributed by atoms with van der Waals surface area (Å²) < 4.78 is 0. The Balaban J connectivity index is 2.92. The zero-order valence-corrected chi connectivity index (χ0v) is 11.8. The zero-order chi connectivity index (χ0) is 13.5. The smallest absolute Gasteiger partial charge is 0.216 e. The van der Waals surface area contributed by atoms with Crippen LogP contribution in [0.1, 0.15) is 39.0 Å². The van der Waals surface area contributed by atoms with Crippen molar-refractivity contribution in [3.63, 3.8) is 0 Å². The van der Waals surface area contributed by atoms with Gasteiger partial charge in [-0.05, 0) is 64.8 Å². The summed E-state index contributed by atoms with van der Waals surface area (Å²) in [4.78, 5) is 10.6. The van der Waals surface area contributed by atoms with E-state index in [9.17, 15) is 4.79 Å². The molecule has 0 spiro atoms. The number of hydrogen-bond donors (Lipinski definition) is 4. The van der Waals surface area contributed by atoms with Crippen LogP contribution < -0.4 is 21.7 Å². The average Bonchev–Trinajstić information content (AvgIpc) is 2.34. The molecule has 0 radical (unpaired) electrons. The molecule has 0 aliphatic rings. The summed E-state index contributed by atoms with van der Waals surface area (Å²) in [5.41, 5.74) is 5.40. The van der Waals surface area contributed by atoms with Crippen molar-refractivity contribution in [3.8, 4) is 0 Å². The molecular formula is C13H30N4O. The summed E-state index contributed by atoms with van der Waals surface area (Å²) in [6.45, 7) is 7.37.